The summed E-state index contributed by atoms with van der Waals surface area (Å²) in [5, 5.41) is 3.47. The lowest BCUT2D eigenvalue weighted by molar-refractivity contribution is 0.140. The van der Waals surface area contributed by atoms with Gasteiger partial charge in [0.25, 0.3) is 0 Å². The van der Waals surface area contributed by atoms with E-state index in [2.05, 4.69) is 58.1 Å². The van der Waals surface area contributed by atoms with Crippen molar-refractivity contribution in [2.24, 2.45) is 4.99 Å². The molecule has 0 unspecified atom stereocenters. The lowest BCUT2D eigenvalue weighted by atomic mass is 10.2. The van der Waals surface area contributed by atoms with Crippen LogP contribution in [0.2, 0.25) is 0 Å². The minimum atomic E-state index is 0. The van der Waals surface area contributed by atoms with Crippen LogP contribution in [-0.2, 0) is 6.42 Å². The second kappa shape index (κ2) is 10.3. The zero-order chi connectivity index (χ0) is 16.8. The third kappa shape index (κ3) is 5.31. The van der Waals surface area contributed by atoms with Gasteiger partial charge >= 0.3 is 0 Å². The normalized spacial score (nSPS) is 18.8. The molecular weight excluding hydrogens is 425 g/mol. The summed E-state index contributed by atoms with van der Waals surface area (Å²) in [5.41, 5.74) is 2.74. The van der Waals surface area contributed by atoms with Gasteiger partial charge in [-0.3, -0.25) is 9.89 Å². The van der Waals surface area contributed by atoms with Crippen molar-refractivity contribution in [1.82, 2.24) is 15.1 Å². The summed E-state index contributed by atoms with van der Waals surface area (Å²) < 4.78 is 0. The Bertz CT molecular complexity index is 555. The smallest absolute Gasteiger partial charge is 0.198 e. The molecule has 3 rings (SSSR count). The third-order valence-electron chi connectivity index (χ3n) is 5.07. The van der Waals surface area contributed by atoms with E-state index < -0.39 is 0 Å². The molecule has 0 aromatic heterocycles. The van der Waals surface area contributed by atoms with Gasteiger partial charge in [-0.15, -0.1) is 24.0 Å². The number of piperazine rings is 1. The molecule has 140 valence electrons. The maximum Gasteiger partial charge on any atom is 0.198 e. The molecule has 2 aliphatic rings. The largest absolute Gasteiger partial charge is 0.356 e. The highest BCUT2D eigenvalue weighted by atomic mass is 127. The van der Waals surface area contributed by atoms with Crippen molar-refractivity contribution >= 4 is 35.6 Å². The number of benzene rings is 1. The van der Waals surface area contributed by atoms with Crippen molar-refractivity contribution in [3.63, 3.8) is 0 Å². The molecule has 0 bridgehead atoms. The van der Waals surface area contributed by atoms with E-state index >= 15 is 0 Å². The van der Waals surface area contributed by atoms with Crippen molar-refractivity contribution in [3.05, 3.63) is 29.8 Å². The maximum atomic E-state index is 4.90. The average molecular weight is 457 g/mol. The van der Waals surface area contributed by atoms with Gasteiger partial charge < -0.3 is 15.1 Å². The van der Waals surface area contributed by atoms with Crippen LogP contribution in [0.15, 0.2) is 29.3 Å². The van der Waals surface area contributed by atoms with Gasteiger partial charge in [0, 0.05) is 51.5 Å². The number of rotatable bonds is 5. The van der Waals surface area contributed by atoms with Crippen LogP contribution in [0.3, 0.4) is 0 Å². The summed E-state index contributed by atoms with van der Waals surface area (Å²) in [6.07, 6.45) is 1.11. The molecule has 5 nitrogen and oxygen atoms in total. The number of fused-ring (bicyclic) bond motifs is 1. The first-order chi connectivity index (χ1) is 11.8. The summed E-state index contributed by atoms with van der Waals surface area (Å²) >= 11 is 0. The number of hydrogen-bond donors (Lipinski definition) is 1. The van der Waals surface area contributed by atoms with Crippen molar-refractivity contribution in [2.45, 2.75) is 20.3 Å². The average Bonchev–Trinajstić information content (AvgIpc) is 3.05. The minimum absolute atomic E-state index is 0. The van der Waals surface area contributed by atoms with E-state index in [1.54, 1.807) is 0 Å². The third-order valence-corrected chi connectivity index (χ3v) is 5.07. The summed E-state index contributed by atoms with van der Waals surface area (Å²) in [5.74, 6) is 1.04. The number of para-hydroxylation sites is 1. The number of nitrogens with zero attached hydrogens (tertiary/aromatic N) is 4. The van der Waals surface area contributed by atoms with E-state index in [9.17, 15) is 0 Å². The zero-order valence-corrected chi connectivity index (χ0v) is 17.9. The Kier molecular flexibility index (Phi) is 8.45. The molecule has 2 aliphatic heterocycles. The van der Waals surface area contributed by atoms with Gasteiger partial charge in [-0.05, 0) is 31.5 Å². The molecule has 25 heavy (non-hydrogen) atoms. The van der Waals surface area contributed by atoms with Crippen LogP contribution in [0.5, 0.6) is 0 Å². The molecule has 1 fully saturated rings. The standard InChI is InChI=1S/C19H31N5.HI/c1-3-20-19(24-11-9-17-7-5-6-8-18(17)24)21-10-12-23-15-13-22(4-2)14-16-23;/h5-8H,3-4,9-16H2,1-2H3,(H,20,21);1H. The summed E-state index contributed by atoms with van der Waals surface area (Å²) in [6, 6.07) is 8.68. The van der Waals surface area contributed by atoms with Crippen LogP contribution in [0.4, 0.5) is 5.69 Å². The van der Waals surface area contributed by atoms with Crippen LogP contribution in [0.25, 0.3) is 0 Å². The summed E-state index contributed by atoms with van der Waals surface area (Å²) in [7, 11) is 0. The zero-order valence-electron chi connectivity index (χ0n) is 15.6. The Morgan fingerprint density at radius 3 is 2.48 bits per heavy atom. The first kappa shape index (κ1) is 20.5. The lowest BCUT2D eigenvalue weighted by Gasteiger charge is -2.33. The van der Waals surface area contributed by atoms with Crippen molar-refractivity contribution in [2.75, 3.05) is 63.8 Å². The number of halogens is 1. The van der Waals surface area contributed by atoms with Crippen molar-refractivity contribution in [1.29, 1.82) is 0 Å². The Morgan fingerprint density at radius 2 is 1.76 bits per heavy atom. The quantitative estimate of drug-likeness (QED) is 0.418. The summed E-state index contributed by atoms with van der Waals surface area (Å²) in [4.78, 5) is 12.3. The fourth-order valence-electron chi connectivity index (χ4n) is 3.58. The Hall–Kier alpha value is -0.860. The Labute approximate surface area is 169 Å². The topological polar surface area (TPSA) is 34.1 Å². The Balaban J connectivity index is 0.00000225. The predicted molar refractivity (Wildman–Crippen MR) is 117 cm³/mol. The second-order valence-electron chi connectivity index (χ2n) is 6.54. The number of likely N-dealkylation sites (N-methyl/N-ethyl adjacent to an activating group) is 1. The molecular formula is C19H32IN5. The van der Waals surface area contributed by atoms with E-state index in [1.165, 1.54) is 44.0 Å². The molecule has 0 amide bonds. The molecule has 1 aromatic carbocycles. The van der Waals surface area contributed by atoms with Gasteiger partial charge in [0.15, 0.2) is 5.96 Å². The second-order valence-corrected chi connectivity index (χ2v) is 6.54. The van der Waals surface area contributed by atoms with Crippen LogP contribution >= 0.6 is 24.0 Å². The molecule has 0 radical (unpaired) electrons. The molecule has 0 spiro atoms. The number of anilines is 1. The fraction of sp³-hybridized carbons (Fsp3) is 0.632. The number of aliphatic imine (C=N–C) groups is 1. The van der Waals surface area contributed by atoms with Crippen LogP contribution in [-0.4, -0.2) is 74.7 Å². The van der Waals surface area contributed by atoms with Crippen molar-refractivity contribution < 1.29 is 0 Å². The van der Waals surface area contributed by atoms with Gasteiger partial charge in [-0.25, -0.2) is 0 Å². The number of hydrogen-bond acceptors (Lipinski definition) is 3. The van der Waals surface area contributed by atoms with E-state index in [0.717, 1.165) is 38.6 Å². The van der Waals surface area contributed by atoms with E-state index in [4.69, 9.17) is 4.99 Å². The van der Waals surface area contributed by atoms with Gasteiger partial charge in [0.05, 0.1) is 6.54 Å². The van der Waals surface area contributed by atoms with Gasteiger partial charge in [-0.2, -0.15) is 0 Å². The van der Waals surface area contributed by atoms with Gasteiger partial charge in [0.1, 0.15) is 0 Å². The first-order valence-electron chi connectivity index (χ1n) is 9.40. The lowest BCUT2D eigenvalue weighted by Crippen LogP contribution is -2.47. The van der Waals surface area contributed by atoms with E-state index in [0.29, 0.717) is 0 Å². The first-order valence-corrected chi connectivity index (χ1v) is 9.40. The Morgan fingerprint density at radius 1 is 1.04 bits per heavy atom. The molecule has 2 heterocycles. The molecule has 1 N–H and O–H groups in total. The highest BCUT2D eigenvalue weighted by Crippen LogP contribution is 2.27. The monoisotopic (exact) mass is 457 g/mol. The highest BCUT2D eigenvalue weighted by Gasteiger charge is 2.22. The fourth-order valence-corrected chi connectivity index (χ4v) is 3.58. The molecule has 0 aliphatic carbocycles. The predicted octanol–water partition coefficient (Wildman–Crippen LogP) is 2.27. The molecule has 0 saturated carbocycles. The van der Waals surface area contributed by atoms with E-state index in [1.807, 2.05) is 0 Å². The molecule has 6 heteroatoms. The van der Waals surface area contributed by atoms with Crippen LogP contribution in [0.1, 0.15) is 19.4 Å². The molecule has 0 atom stereocenters. The number of guanidine groups is 1. The molecule has 1 aromatic rings. The summed E-state index contributed by atoms with van der Waals surface area (Å²) in [6.45, 7) is 14.2. The van der Waals surface area contributed by atoms with Crippen molar-refractivity contribution in [3.8, 4) is 0 Å². The molecule has 1 saturated heterocycles. The van der Waals surface area contributed by atoms with Gasteiger partial charge in [-0.1, -0.05) is 25.1 Å². The SMILES string of the molecule is CCNC(=NCCN1CCN(CC)CC1)N1CCc2ccccc21.I. The highest BCUT2D eigenvalue weighted by molar-refractivity contribution is 14.0. The van der Waals surface area contributed by atoms with Gasteiger partial charge in [0.2, 0.25) is 0 Å². The maximum absolute atomic E-state index is 4.90. The van der Waals surface area contributed by atoms with Crippen LogP contribution < -0.4 is 10.2 Å². The number of nitrogens with one attached hydrogen (secondary N) is 1. The minimum Gasteiger partial charge on any atom is -0.356 e. The van der Waals surface area contributed by atoms with E-state index in [-0.39, 0.29) is 24.0 Å². The van der Waals surface area contributed by atoms with Crippen LogP contribution in [0, 0.1) is 0 Å².